The highest BCUT2D eigenvalue weighted by atomic mass is 32.2. The Morgan fingerprint density at radius 2 is 2.14 bits per heavy atom. The molecule has 1 aliphatic rings. The highest BCUT2D eigenvalue weighted by molar-refractivity contribution is 7.91. The molecule has 0 aromatic heterocycles. The maximum atomic E-state index is 13.3. The van der Waals surface area contributed by atoms with Crippen LogP contribution in [0.3, 0.4) is 0 Å². The molecule has 5 nitrogen and oxygen atoms in total. The van der Waals surface area contributed by atoms with Crippen molar-refractivity contribution in [1.82, 2.24) is 4.90 Å². The van der Waals surface area contributed by atoms with Crippen LogP contribution in [0.15, 0.2) is 18.2 Å². The maximum absolute atomic E-state index is 13.3. The van der Waals surface area contributed by atoms with Gasteiger partial charge in [-0.05, 0) is 18.6 Å². The smallest absolute Gasteiger partial charge is 0.260 e. The molecule has 0 bridgehead atoms. The van der Waals surface area contributed by atoms with Crippen LogP contribution in [-0.4, -0.2) is 50.4 Å². The molecule has 0 saturated carbocycles. The minimum atomic E-state index is -3.09. The molecule has 0 aliphatic carbocycles. The van der Waals surface area contributed by atoms with Gasteiger partial charge in [0.1, 0.15) is 5.82 Å². The third kappa shape index (κ3) is 3.90. The first kappa shape index (κ1) is 15.7. The first-order chi connectivity index (χ1) is 9.78. The second-order valence-corrected chi connectivity index (χ2v) is 7.15. The summed E-state index contributed by atoms with van der Waals surface area (Å²) in [6, 6.07) is 2.39. The van der Waals surface area contributed by atoms with Gasteiger partial charge in [-0.3, -0.25) is 4.79 Å². The molecule has 1 amide bonds. The molecule has 1 fully saturated rings. The van der Waals surface area contributed by atoms with Crippen LogP contribution in [-0.2, 0) is 14.6 Å². The summed E-state index contributed by atoms with van der Waals surface area (Å²) < 4.78 is 53.8. The van der Waals surface area contributed by atoms with E-state index in [4.69, 9.17) is 4.74 Å². The Hall–Kier alpha value is -1.70. The lowest BCUT2D eigenvalue weighted by Crippen LogP contribution is -2.40. The van der Waals surface area contributed by atoms with Crippen molar-refractivity contribution in [1.29, 1.82) is 0 Å². The number of nitrogens with zero attached hydrogens (tertiary/aromatic N) is 1. The van der Waals surface area contributed by atoms with Crippen LogP contribution >= 0.6 is 0 Å². The molecule has 0 spiro atoms. The van der Waals surface area contributed by atoms with Gasteiger partial charge in [-0.1, -0.05) is 0 Å². The Labute approximate surface area is 121 Å². The van der Waals surface area contributed by atoms with Crippen molar-refractivity contribution in [2.45, 2.75) is 12.5 Å². The number of rotatable bonds is 4. The molecule has 1 unspecified atom stereocenters. The van der Waals surface area contributed by atoms with E-state index in [1.54, 1.807) is 0 Å². The highest BCUT2D eigenvalue weighted by Gasteiger charge is 2.32. The summed E-state index contributed by atoms with van der Waals surface area (Å²) in [6.07, 6.45) is 0.384. The average Bonchev–Trinajstić information content (AvgIpc) is 2.77. The summed E-state index contributed by atoms with van der Waals surface area (Å²) in [5.74, 6) is -2.32. The van der Waals surface area contributed by atoms with Crippen molar-refractivity contribution in [3.8, 4) is 5.75 Å². The van der Waals surface area contributed by atoms with Crippen LogP contribution in [0.25, 0.3) is 0 Å². The Kier molecular flexibility index (Phi) is 4.46. The average molecular weight is 319 g/mol. The van der Waals surface area contributed by atoms with E-state index in [1.165, 1.54) is 11.9 Å². The summed E-state index contributed by atoms with van der Waals surface area (Å²) in [5.41, 5.74) is 0. The van der Waals surface area contributed by atoms with Crippen LogP contribution < -0.4 is 4.74 Å². The van der Waals surface area contributed by atoms with Crippen LogP contribution in [0.4, 0.5) is 8.78 Å². The molecule has 1 aromatic rings. The van der Waals surface area contributed by atoms with E-state index in [1.807, 2.05) is 0 Å². The van der Waals surface area contributed by atoms with Crippen LogP contribution in [0.5, 0.6) is 5.75 Å². The van der Waals surface area contributed by atoms with Gasteiger partial charge in [0.25, 0.3) is 5.91 Å². The molecule has 2 rings (SSSR count). The minimum Gasteiger partial charge on any atom is -0.481 e. The Morgan fingerprint density at radius 1 is 1.43 bits per heavy atom. The van der Waals surface area contributed by atoms with E-state index in [0.717, 1.165) is 12.1 Å². The second kappa shape index (κ2) is 5.97. The number of hydrogen-bond donors (Lipinski definition) is 0. The van der Waals surface area contributed by atoms with Crippen molar-refractivity contribution in [3.05, 3.63) is 29.8 Å². The van der Waals surface area contributed by atoms with Gasteiger partial charge in [0.05, 0.1) is 11.5 Å². The molecule has 0 N–H and O–H groups in total. The summed E-state index contributed by atoms with van der Waals surface area (Å²) >= 11 is 0. The molecule has 116 valence electrons. The SMILES string of the molecule is CN(C(=O)COc1ccc(F)cc1F)C1CCS(=O)(=O)C1. The van der Waals surface area contributed by atoms with E-state index in [-0.39, 0.29) is 23.3 Å². The Morgan fingerprint density at radius 3 is 2.71 bits per heavy atom. The minimum absolute atomic E-state index is 0.0583. The predicted octanol–water partition coefficient (Wildman–Crippen LogP) is 0.989. The van der Waals surface area contributed by atoms with E-state index in [0.29, 0.717) is 12.5 Å². The number of sulfone groups is 1. The zero-order valence-electron chi connectivity index (χ0n) is 11.4. The summed E-state index contributed by atoms with van der Waals surface area (Å²) in [6.45, 7) is -0.435. The summed E-state index contributed by atoms with van der Waals surface area (Å²) in [7, 11) is -1.60. The van der Waals surface area contributed by atoms with E-state index in [9.17, 15) is 22.0 Å². The number of ether oxygens (including phenoxy) is 1. The number of carbonyl (C=O) groups is 1. The molecule has 1 atom stereocenters. The van der Waals surface area contributed by atoms with Crippen LogP contribution in [0.2, 0.25) is 0 Å². The largest absolute Gasteiger partial charge is 0.481 e. The fraction of sp³-hybridized carbons (Fsp3) is 0.462. The first-order valence-corrected chi connectivity index (χ1v) is 8.14. The number of amides is 1. The third-order valence-electron chi connectivity index (χ3n) is 3.39. The molecule has 21 heavy (non-hydrogen) atoms. The Bertz CT molecular complexity index is 648. The Balaban J connectivity index is 1.92. The van der Waals surface area contributed by atoms with Gasteiger partial charge in [0.2, 0.25) is 0 Å². The molecule has 0 radical (unpaired) electrons. The molecular formula is C13H15F2NO4S. The number of halogens is 2. The van der Waals surface area contributed by atoms with Crippen LogP contribution in [0, 0.1) is 11.6 Å². The number of carbonyl (C=O) groups excluding carboxylic acids is 1. The van der Waals surface area contributed by atoms with Gasteiger partial charge in [-0.25, -0.2) is 17.2 Å². The highest BCUT2D eigenvalue weighted by Crippen LogP contribution is 2.19. The number of benzene rings is 1. The van der Waals surface area contributed by atoms with Gasteiger partial charge in [0.15, 0.2) is 28.0 Å². The number of likely N-dealkylation sites (N-methyl/N-ethyl adjacent to an activating group) is 1. The van der Waals surface area contributed by atoms with Crippen LogP contribution in [0.1, 0.15) is 6.42 Å². The molecule has 8 heteroatoms. The van der Waals surface area contributed by atoms with Gasteiger partial charge in [-0.15, -0.1) is 0 Å². The molecular weight excluding hydrogens is 304 g/mol. The normalized spacial score (nSPS) is 20.2. The fourth-order valence-electron chi connectivity index (χ4n) is 2.12. The van der Waals surface area contributed by atoms with E-state index in [2.05, 4.69) is 0 Å². The van der Waals surface area contributed by atoms with Crippen molar-refractivity contribution >= 4 is 15.7 Å². The van der Waals surface area contributed by atoms with Gasteiger partial charge < -0.3 is 9.64 Å². The second-order valence-electron chi connectivity index (χ2n) is 4.92. The zero-order chi connectivity index (χ0) is 15.6. The van der Waals surface area contributed by atoms with E-state index >= 15 is 0 Å². The fourth-order valence-corrected chi connectivity index (χ4v) is 3.89. The summed E-state index contributed by atoms with van der Waals surface area (Å²) in [4.78, 5) is 13.2. The summed E-state index contributed by atoms with van der Waals surface area (Å²) in [5, 5.41) is 0. The van der Waals surface area contributed by atoms with Crippen molar-refractivity contribution in [2.75, 3.05) is 25.2 Å². The van der Waals surface area contributed by atoms with Crippen molar-refractivity contribution in [2.24, 2.45) is 0 Å². The molecule has 1 saturated heterocycles. The molecule has 1 heterocycles. The topological polar surface area (TPSA) is 63.7 Å². The van der Waals surface area contributed by atoms with Gasteiger partial charge in [0, 0.05) is 19.2 Å². The van der Waals surface area contributed by atoms with E-state index < -0.39 is 34.0 Å². The van der Waals surface area contributed by atoms with Gasteiger partial charge >= 0.3 is 0 Å². The third-order valence-corrected chi connectivity index (χ3v) is 5.14. The van der Waals surface area contributed by atoms with Crippen molar-refractivity contribution in [3.63, 3.8) is 0 Å². The monoisotopic (exact) mass is 319 g/mol. The standard InChI is InChI=1S/C13H15F2NO4S/c1-16(10-4-5-21(18,19)8-10)13(17)7-20-12-3-2-9(14)6-11(12)15/h2-3,6,10H,4-5,7-8H2,1H3. The zero-order valence-corrected chi connectivity index (χ0v) is 12.2. The lowest BCUT2D eigenvalue weighted by molar-refractivity contribution is -0.133. The van der Waals surface area contributed by atoms with Gasteiger partial charge in [-0.2, -0.15) is 0 Å². The molecule has 1 aliphatic heterocycles. The first-order valence-electron chi connectivity index (χ1n) is 6.32. The molecule has 1 aromatic carbocycles. The number of hydrogen-bond acceptors (Lipinski definition) is 4. The quantitative estimate of drug-likeness (QED) is 0.830. The maximum Gasteiger partial charge on any atom is 0.260 e. The van der Waals surface area contributed by atoms with Crippen molar-refractivity contribution < 1.29 is 26.7 Å². The predicted molar refractivity (Wildman–Crippen MR) is 71.7 cm³/mol. The lowest BCUT2D eigenvalue weighted by atomic mass is 10.2. The lowest BCUT2D eigenvalue weighted by Gasteiger charge is -2.23.